The molecule has 1 N–H and O–H groups in total. The molecule has 0 aromatic heterocycles. The van der Waals surface area contributed by atoms with Crippen molar-refractivity contribution >= 4 is 21.8 Å². The van der Waals surface area contributed by atoms with Crippen molar-refractivity contribution in [2.24, 2.45) is 0 Å². The Morgan fingerprint density at radius 1 is 1.29 bits per heavy atom. The van der Waals surface area contributed by atoms with Crippen molar-refractivity contribution in [1.82, 2.24) is 5.32 Å². The number of carbonyl (C=O) groups excluding carboxylic acids is 1. The lowest BCUT2D eigenvalue weighted by Gasteiger charge is -2.30. The van der Waals surface area contributed by atoms with Crippen molar-refractivity contribution in [3.63, 3.8) is 0 Å². The van der Waals surface area contributed by atoms with Gasteiger partial charge in [-0.2, -0.15) is 0 Å². The van der Waals surface area contributed by atoms with Crippen LogP contribution in [0.1, 0.15) is 37.0 Å². The van der Waals surface area contributed by atoms with Crippen LogP contribution in [0.15, 0.2) is 24.3 Å². The number of carbonyl (C=O) groups is 1. The molecule has 0 aliphatic heterocycles. The van der Waals surface area contributed by atoms with E-state index in [1.54, 1.807) is 0 Å². The zero-order chi connectivity index (χ0) is 12.9. The summed E-state index contributed by atoms with van der Waals surface area (Å²) in [6.45, 7) is 4.07. The van der Waals surface area contributed by atoms with E-state index in [4.69, 9.17) is 0 Å². The van der Waals surface area contributed by atoms with E-state index >= 15 is 0 Å². The van der Waals surface area contributed by atoms with Gasteiger partial charge in [0.05, 0.1) is 0 Å². The van der Waals surface area contributed by atoms with E-state index in [0.29, 0.717) is 10.9 Å². The summed E-state index contributed by atoms with van der Waals surface area (Å²) in [4.78, 5) is 12.0. The van der Waals surface area contributed by atoms with Crippen molar-refractivity contribution in [2.45, 2.75) is 32.2 Å². The van der Waals surface area contributed by atoms with Crippen LogP contribution < -0.4 is 5.32 Å². The lowest BCUT2D eigenvalue weighted by atomic mass is 9.95. The van der Waals surface area contributed by atoms with Crippen molar-refractivity contribution in [2.75, 3.05) is 5.33 Å². The van der Waals surface area contributed by atoms with E-state index in [1.165, 1.54) is 24.3 Å². The second kappa shape index (κ2) is 6.15. The summed E-state index contributed by atoms with van der Waals surface area (Å²) in [5.74, 6) is -0.493. The number of nitrogens with one attached hydrogen (secondary N) is 1. The smallest absolute Gasteiger partial charge is 0.251 e. The molecule has 0 heterocycles. The normalized spacial score (nSPS) is 11.3. The van der Waals surface area contributed by atoms with Crippen LogP contribution in [-0.2, 0) is 0 Å². The van der Waals surface area contributed by atoms with Gasteiger partial charge in [0.25, 0.3) is 5.91 Å². The maximum absolute atomic E-state index is 12.7. The molecule has 94 valence electrons. The first-order valence-corrected chi connectivity index (χ1v) is 6.83. The maximum atomic E-state index is 12.7. The number of amides is 1. The quantitative estimate of drug-likeness (QED) is 0.829. The lowest BCUT2D eigenvalue weighted by Crippen LogP contribution is -2.49. The van der Waals surface area contributed by atoms with Gasteiger partial charge in [0.1, 0.15) is 5.82 Å². The zero-order valence-corrected chi connectivity index (χ0v) is 11.7. The van der Waals surface area contributed by atoms with Crippen LogP contribution in [0.2, 0.25) is 0 Å². The molecule has 2 nitrogen and oxygen atoms in total. The first kappa shape index (κ1) is 14.2. The van der Waals surface area contributed by atoms with Gasteiger partial charge in [-0.15, -0.1) is 0 Å². The molecule has 0 radical (unpaired) electrons. The van der Waals surface area contributed by atoms with Gasteiger partial charge in [0, 0.05) is 16.4 Å². The van der Waals surface area contributed by atoms with Crippen molar-refractivity contribution in [3.8, 4) is 0 Å². The predicted molar refractivity (Wildman–Crippen MR) is 71.0 cm³/mol. The Balaban J connectivity index is 2.81. The molecule has 1 rings (SSSR count). The van der Waals surface area contributed by atoms with Gasteiger partial charge >= 0.3 is 0 Å². The van der Waals surface area contributed by atoms with Gasteiger partial charge in [0.2, 0.25) is 0 Å². The standard InChI is InChI=1S/C13H17BrFNO/c1-3-13(4-2,9-14)16-12(17)10-5-7-11(15)8-6-10/h5-8H,3-4,9H2,1-2H3,(H,16,17). The minimum absolute atomic E-state index is 0.159. The van der Waals surface area contributed by atoms with Crippen molar-refractivity contribution in [3.05, 3.63) is 35.6 Å². The third-order valence-electron chi connectivity index (χ3n) is 3.09. The first-order chi connectivity index (χ1) is 8.06. The molecule has 17 heavy (non-hydrogen) atoms. The molecule has 0 aliphatic carbocycles. The van der Waals surface area contributed by atoms with Crippen LogP contribution in [0.25, 0.3) is 0 Å². The molecule has 0 unspecified atom stereocenters. The Hall–Kier alpha value is -0.900. The fraction of sp³-hybridized carbons (Fsp3) is 0.462. The van der Waals surface area contributed by atoms with Crippen molar-refractivity contribution < 1.29 is 9.18 Å². The first-order valence-electron chi connectivity index (χ1n) is 5.71. The van der Waals surface area contributed by atoms with Crippen LogP contribution in [0, 0.1) is 5.82 Å². The highest BCUT2D eigenvalue weighted by Gasteiger charge is 2.27. The molecule has 0 bridgehead atoms. The Kier molecular flexibility index (Phi) is 5.12. The number of hydrogen-bond donors (Lipinski definition) is 1. The summed E-state index contributed by atoms with van der Waals surface area (Å²) in [7, 11) is 0. The van der Waals surface area contributed by atoms with Crippen LogP contribution in [0.4, 0.5) is 4.39 Å². The van der Waals surface area contributed by atoms with Gasteiger partial charge in [-0.05, 0) is 37.1 Å². The van der Waals surface area contributed by atoms with Crippen LogP contribution >= 0.6 is 15.9 Å². The SMILES string of the molecule is CCC(CC)(CBr)NC(=O)c1ccc(F)cc1. The van der Waals surface area contributed by atoms with Gasteiger partial charge in [-0.3, -0.25) is 4.79 Å². The Labute approximate surface area is 110 Å². The second-order valence-electron chi connectivity index (χ2n) is 4.08. The molecule has 0 saturated carbocycles. The second-order valence-corrected chi connectivity index (χ2v) is 4.64. The fourth-order valence-electron chi connectivity index (χ4n) is 1.56. The van der Waals surface area contributed by atoms with E-state index < -0.39 is 0 Å². The monoisotopic (exact) mass is 301 g/mol. The van der Waals surface area contributed by atoms with E-state index in [1.807, 2.05) is 13.8 Å². The maximum Gasteiger partial charge on any atom is 0.251 e. The molecule has 0 fully saturated rings. The number of alkyl halides is 1. The molecular weight excluding hydrogens is 285 g/mol. The molecule has 1 aromatic carbocycles. The predicted octanol–water partition coefficient (Wildman–Crippen LogP) is 3.51. The molecule has 0 aliphatic rings. The third kappa shape index (κ3) is 3.53. The van der Waals surface area contributed by atoms with Gasteiger partial charge in [0.15, 0.2) is 0 Å². The van der Waals surface area contributed by atoms with E-state index in [2.05, 4.69) is 21.2 Å². The minimum atomic E-state index is -0.334. The number of rotatable bonds is 5. The van der Waals surface area contributed by atoms with Gasteiger partial charge in [-0.1, -0.05) is 29.8 Å². The van der Waals surface area contributed by atoms with E-state index in [9.17, 15) is 9.18 Å². The number of hydrogen-bond acceptors (Lipinski definition) is 1. The topological polar surface area (TPSA) is 29.1 Å². The fourth-order valence-corrected chi connectivity index (χ4v) is 2.50. The number of halogens is 2. The molecule has 0 atom stereocenters. The lowest BCUT2D eigenvalue weighted by molar-refractivity contribution is 0.0903. The van der Waals surface area contributed by atoms with Crippen LogP contribution in [0.5, 0.6) is 0 Å². The van der Waals surface area contributed by atoms with Gasteiger partial charge in [-0.25, -0.2) is 4.39 Å². The van der Waals surface area contributed by atoms with E-state index in [0.717, 1.165) is 12.8 Å². The molecule has 1 amide bonds. The van der Waals surface area contributed by atoms with Crippen molar-refractivity contribution in [1.29, 1.82) is 0 Å². The Morgan fingerprint density at radius 2 is 1.82 bits per heavy atom. The highest BCUT2D eigenvalue weighted by Crippen LogP contribution is 2.18. The average molecular weight is 302 g/mol. The molecule has 4 heteroatoms. The highest BCUT2D eigenvalue weighted by molar-refractivity contribution is 9.09. The average Bonchev–Trinajstić information content (AvgIpc) is 2.37. The minimum Gasteiger partial charge on any atom is -0.346 e. The van der Waals surface area contributed by atoms with Crippen LogP contribution in [-0.4, -0.2) is 16.8 Å². The largest absolute Gasteiger partial charge is 0.346 e. The molecule has 0 saturated heterocycles. The summed E-state index contributed by atoms with van der Waals surface area (Å²) in [5.41, 5.74) is 0.254. The zero-order valence-electron chi connectivity index (χ0n) is 10.1. The summed E-state index contributed by atoms with van der Waals surface area (Å²) >= 11 is 3.43. The van der Waals surface area contributed by atoms with Gasteiger partial charge < -0.3 is 5.32 Å². The highest BCUT2D eigenvalue weighted by atomic mass is 79.9. The van der Waals surface area contributed by atoms with E-state index in [-0.39, 0.29) is 17.3 Å². The third-order valence-corrected chi connectivity index (χ3v) is 4.17. The Morgan fingerprint density at radius 3 is 2.24 bits per heavy atom. The molecule has 0 spiro atoms. The summed E-state index contributed by atoms with van der Waals surface area (Å²) in [5, 5.41) is 3.72. The molecular formula is C13H17BrFNO. The Bertz CT molecular complexity index is 365. The summed E-state index contributed by atoms with van der Waals surface area (Å²) in [6, 6.07) is 5.58. The summed E-state index contributed by atoms with van der Waals surface area (Å²) < 4.78 is 12.7. The number of benzene rings is 1. The van der Waals surface area contributed by atoms with Crippen LogP contribution in [0.3, 0.4) is 0 Å². The summed E-state index contributed by atoms with van der Waals surface area (Å²) in [6.07, 6.45) is 1.70. The molecule has 1 aromatic rings.